The lowest BCUT2D eigenvalue weighted by molar-refractivity contribution is 0.158. The van der Waals surface area contributed by atoms with Crippen molar-refractivity contribution in [2.24, 2.45) is 5.92 Å². The molecule has 0 amide bonds. The normalized spacial score (nSPS) is 13.0. The molecule has 0 fully saturated rings. The van der Waals surface area contributed by atoms with Crippen LogP contribution in [-0.2, 0) is 11.2 Å². The van der Waals surface area contributed by atoms with Gasteiger partial charge >= 0.3 is 0 Å². The highest BCUT2D eigenvalue weighted by molar-refractivity contribution is 4.83. The van der Waals surface area contributed by atoms with E-state index < -0.39 is 0 Å². The molecule has 0 spiro atoms. The Balaban J connectivity index is 2.06. The van der Waals surface area contributed by atoms with Crippen molar-refractivity contribution in [3.63, 3.8) is 0 Å². The quantitative estimate of drug-likeness (QED) is 0.679. The second-order valence-corrected chi connectivity index (χ2v) is 3.75. The maximum absolute atomic E-state index is 5.04. The average Bonchev–Trinajstić information content (AvgIpc) is 2.60. The number of nitrogens with one attached hydrogen (secondary N) is 1. The Morgan fingerprint density at radius 2 is 2.33 bits per heavy atom. The summed E-state index contributed by atoms with van der Waals surface area (Å²) in [5.74, 6) is 1.91. The van der Waals surface area contributed by atoms with Crippen LogP contribution in [-0.4, -0.2) is 36.9 Å². The van der Waals surface area contributed by atoms with Gasteiger partial charge in [0.05, 0.1) is 0 Å². The fourth-order valence-electron chi connectivity index (χ4n) is 1.33. The topological polar surface area (TPSA) is 60.2 Å². The molecule has 1 heterocycles. The Labute approximate surface area is 90.2 Å². The van der Waals surface area contributed by atoms with Crippen molar-refractivity contribution < 1.29 is 9.26 Å². The second-order valence-electron chi connectivity index (χ2n) is 3.75. The van der Waals surface area contributed by atoms with Crippen molar-refractivity contribution in [2.45, 2.75) is 20.3 Å². The van der Waals surface area contributed by atoms with Crippen molar-refractivity contribution in [3.8, 4) is 0 Å². The maximum Gasteiger partial charge on any atom is 0.227 e. The third-order valence-corrected chi connectivity index (χ3v) is 2.03. The number of hydrogen-bond acceptors (Lipinski definition) is 5. The molecule has 0 aliphatic heterocycles. The Kier molecular flexibility index (Phi) is 5.28. The predicted molar refractivity (Wildman–Crippen MR) is 56.6 cm³/mol. The number of ether oxygens (including phenoxy) is 1. The summed E-state index contributed by atoms with van der Waals surface area (Å²) in [5, 5.41) is 7.05. The van der Waals surface area contributed by atoms with Crippen LogP contribution >= 0.6 is 0 Å². The number of aromatic nitrogens is 2. The molecule has 5 nitrogen and oxygen atoms in total. The van der Waals surface area contributed by atoms with Gasteiger partial charge in [-0.2, -0.15) is 4.98 Å². The summed E-state index contributed by atoms with van der Waals surface area (Å²) < 4.78 is 10.0. The number of nitrogens with zero attached hydrogens (tertiary/aromatic N) is 2. The molecule has 86 valence electrons. The van der Waals surface area contributed by atoms with Gasteiger partial charge in [0.15, 0.2) is 5.82 Å². The third-order valence-electron chi connectivity index (χ3n) is 2.03. The van der Waals surface area contributed by atoms with Crippen LogP contribution in [0.15, 0.2) is 4.52 Å². The van der Waals surface area contributed by atoms with Crippen LogP contribution in [0.3, 0.4) is 0 Å². The van der Waals surface area contributed by atoms with E-state index in [0.717, 1.165) is 26.1 Å². The zero-order chi connectivity index (χ0) is 11.1. The number of methoxy groups -OCH3 is 1. The lowest BCUT2D eigenvalue weighted by Gasteiger charge is -2.10. The van der Waals surface area contributed by atoms with Gasteiger partial charge in [0.2, 0.25) is 5.89 Å². The standard InChI is InChI=1S/C10H19N3O2/c1-8(7-14-3)6-11-5-4-10-12-9(2)13-15-10/h8,11H,4-7H2,1-3H3. The molecule has 1 rings (SSSR count). The molecule has 0 radical (unpaired) electrons. The minimum absolute atomic E-state index is 0.527. The molecule has 5 heteroatoms. The monoisotopic (exact) mass is 213 g/mol. The van der Waals surface area contributed by atoms with Crippen LogP contribution in [0, 0.1) is 12.8 Å². The van der Waals surface area contributed by atoms with Crippen molar-refractivity contribution in [2.75, 3.05) is 26.8 Å². The van der Waals surface area contributed by atoms with Gasteiger partial charge < -0.3 is 14.6 Å². The van der Waals surface area contributed by atoms with E-state index in [1.807, 2.05) is 6.92 Å². The molecule has 0 saturated heterocycles. The fraction of sp³-hybridized carbons (Fsp3) is 0.800. The first-order valence-electron chi connectivity index (χ1n) is 5.21. The van der Waals surface area contributed by atoms with Crippen LogP contribution in [0.25, 0.3) is 0 Å². The van der Waals surface area contributed by atoms with Gasteiger partial charge in [0.25, 0.3) is 0 Å². The minimum atomic E-state index is 0.527. The van der Waals surface area contributed by atoms with Crippen molar-refractivity contribution in [1.82, 2.24) is 15.5 Å². The van der Waals surface area contributed by atoms with Gasteiger partial charge in [-0.15, -0.1) is 0 Å². The Hall–Kier alpha value is -0.940. The summed E-state index contributed by atoms with van der Waals surface area (Å²) in [6.07, 6.45) is 0.778. The minimum Gasteiger partial charge on any atom is -0.384 e. The Morgan fingerprint density at radius 3 is 2.93 bits per heavy atom. The lowest BCUT2D eigenvalue weighted by atomic mass is 10.2. The lowest BCUT2D eigenvalue weighted by Crippen LogP contribution is -2.25. The number of rotatable bonds is 7. The highest BCUT2D eigenvalue weighted by Crippen LogP contribution is 1.96. The molecule has 1 aromatic rings. The van der Waals surface area contributed by atoms with Crippen LogP contribution in [0.4, 0.5) is 0 Å². The summed E-state index contributed by atoms with van der Waals surface area (Å²) in [7, 11) is 1.72. The SMILES string of the molecule is COCC(C)CNCCc1nc(C)no1. The first-order valence-corrected chi connectivity index (χ1v) is 5.21. The maximum atomic E-state index is 5.04. The van der Waals surface area contributed by atoms with Gasteiger partial charge in [0, 0.05) is 26.7 Å². The number of hydrogen-bond donors (Lipinski definition) is 1. The van der Waals surface area contributed by atoms with E-state index in [9.17, 15) is 0 Å². The largest absolute Gasteiger partial charge is 0.384 e. The summed E-state index contributed by atoms with van der Waals surface area (Å²) in [4.78, 5) is 4.12. The van der Waals surface area contributed by atoms with Crippen molar-refractivity contribution >= 4 is 0 Å². The van der Waals surface area contributed by atoms with Crippen molar-refractivity contribution in [1.29, 1.82) is 0 Å². The molecule has 1 atom stereocenters. The molecular formula is C10H19N3O2. The summed E-state index contributed by atoms with van der Waals surface area (Å²) in [6, 6.07) is 0. The molecule has 0 aliphatic carbocycles. The van der Waals surface area contributed by atoms with E-state index in [1.165, 1.54) is 0 Å². The molecule has 1 N–H and O–H groups in total. The summed E-state index contributed by atoms with van der Waals surface area (Å²) in [6.45, 7) is 6.55. The highest BCUT2D eigenvalue weighted by atomic mass is 16.5. The predicted octanol–water partition coefficient (Wildman–Crippen LogP) is 0.793. The fourth-order valence-corrected chi connectivity index (χ4v) is 1.33. The van der Waals surface area contributed by atoms with E-state index in [0.29, 0.717) is 17.6 Å². The Morgan fingerprint density at radius 1 is 1.53 bits per heavy atom. The first-order chi connectivity index (χ1) is 7.22. The summed E-state index contributed by atoms with van der Waals surface area (Å²) in [5.41, 5.74) is 0. The van der Waals surface area contributed by atoms with Gasteiger partial charge in [-0.25, -0.2) is 0 Å². The molecule has 0 aromatic carbocycles. The zero-order valence-electron chi connectivity index (χ0n) is 9.62. The smallest absolute Gasteiger partial charge is 0.227 e. The third kappa shape index (κ3) is 4.90. The van der Waals surface area contributed by atoms with Gasteiger partial charge in [-0.05, 0) is 19.4 Å². The molecule has 0 aliphatic rings. The van der Waals surface area contributed by atoms with Gasteiger partial charge in [-0.1, -0.05) is 12.1 Å². The first kappa shape index (κ1) is 12.1. The molecular weight excluding hydrogens is 194 g/mol. The van der Waals surface area contributed by atoms with Gasteiger partial charge in [0.1, 0.15) is 0 Å². The van der Waals surface area contributed by atoms with Gasteiger partial charge in [-0.3, -0.25) is 0 Å². The van der Waals surface area contributed by atoms with Crippen LogP contribution in [0.5, 0.6) is 0 Å². The molecule has 0 saturated carbocycles. The molecule has 0 bridgehead atoms. The Bertz CT molecular complexity index is 275. The van der Waals surface area contributed by atoms with E-state index in [-0.39, 0.29) is 0 Å². The van der Waals surface area contributed by atoms with Crippen LogP contribution < -0.4 is 5.32 Å². The van der Waals surface area contributed by atoms with Crippen LogP contribution in [0.2, 0.25) is 0 Å². The molecule has 1 unspecified atom stereocenters. The van der Waals surface area contributed by atoms with E-state index in [1.54, 1.807) is 7.11 Å². The number of aryl methyl sites for hydroxylation is 1. The summed E-state index contributed by atoms with van der Waals surface area (Å²) >= 11 is 0. The van der Waals surface area contributed by atoms with E-state index in [4.69, 9.17) is 9.26 Å². The molecule has 15 heavy (non-hydrogen) atoms. The van der Waals surface area contributed by atoms with E-state index >= 15 is 0 Å². The zero-order valence-corrected chi connectivity index (χ0v) is 9.62. The molecule has 1 aromatic heterocycles. The van der Waals surface area contributed by atoms with Crippen molar-refractivity contribution in [3.05, 3.63) is 11.7 Å². The van der Waals surface area contributed by atoms with E-state index in [2.05, 4.69) is 22.4 Å². The average molecular weight is 213 g/mol. The second kappa shape index (κ2) is 6.53. The van der Waals surface area contributed by atoms with Crippen LogP contribution in [0.1, 0.15) is 18.6 Å². The highest BCUT2D eigenvalue weighted by Gasteiger charge is 2.03.